The van der Waals surface area contributed by atoms with E-state index < -0.39 is 0 Å². The van der Waals surface area contributed by atoms with Crippen molar-refractivity contribution in [1.82, 2.24) is 0 Å². The maximum atomic E-state index is 2.34. The van der Waals surface area contributed by atoms with Crippen LogP contribution in [0.5, 0.6) is 0 Å². The summed E-state index contributed by atoms with van der Waals surface area (Å²) in [6.07, 6.45) is 11.4. The minimum absolute atomic E-state index is 1.08. The van der Waals surface area contributed by atoms with E-state index in [-0.39, 0.29) is 0 Å². The Morgan fingerprint density at radius 3 is 1.56 bits per heavy atom. The molecule has 0 fully saturated rings. The summed E-state index contributed by atoms with van der Waals surface area (Å²) in [7, 11) is 0. The van der Waals surface area contributed by atoms with Gasteiger partial charge in [0.05, 0.1) is 0 Å². The van der Waals surface area contributed by atoms with Gasteiger partial charge in [0.2, 0.25) is 0 Å². The van der Waals surface area contributed by atoms with Gasteiger partial charge in [0, 0.05) is 0 Å². The molecule has 0 radical (unpaired) electrons. The Bertz CT molecular complexity index is 763. The highest BCUT2D eigenvalue weighted by molar-refractivity contribution is 5.87. The number of rotatable bonds is 0. The molecular weight excluding hydrogens is 192 g/mol. The van der Waals surface area contributed by atoms with Crippen LogP contribution in [0.3, 0.4) is 0 Å². The van der Waals surface area contributed by atoms with Gasteiger partial charge in [-0.1, -0.05) is 48.6 Å². The van der Waals surface area contributed by atoms with Crippen LogP contribution in [-0.4, -0.2) is 0 Å². The highest BCUT2D eigenvalue weighted by atomic mass is 14.1. The summed E-state index contributed by atoms with van der Waals surface area (Å²) < 4.78 is 0. The van der Waals surface area contributed by atoms with Crippen molar-refractivity contribution < 1.29 is 0 Å². The first-order chi connectivity index (χ1) is 7.93. The van der Waals surface area contributed by atoms with Crippen molar-refractivity contribution in [2.75, 3.05) is 0 Å². The van der Waals surface area contributed by atoms with Crippen molar-refractivity contribution in [1.29, 1.82) is 0 Å². The second kappa shape index (κ2) is 2.85. The predicted molar refractivity (Wildman–Crippen MR) is 69.5 cm³/mol. The summed E-state index contributed by atoms with van der Waals surface area (Å²) in [6, 6.07) is 9.07. The minimum Gasteiger partial charge on any atom is -0.0728 e. The summed E-state index contributed by atoms with van der Waals surface area (Å²) in [5, 5.41) is 8.48. The molecule has 0 unspecified atom stereocenters. The molecular formula is C16H12. The summed E-state index contributed by atoms with van der Waals surface area (Å²) in [5.41, 5.74) is 0. The van der Waals surface area contributed by atoms with Crippen molar-refractivity contribution in [3.8, 4) is 0 Å². The molecule has 0 saturated carbocycles. The molecule has 0 aromatic heterocycles. The molecule has 0 saturated heterocycles. The lowest BCUT2D eigenvalue weighted by atomic mass is 10.0. The Labute approximate surface area is 93.5 Å². The monoisotopic (exact) mass is 204 g/mol. The number of hydrogen-bond acceptors (Lipinski definition) is 0. The van der Waals surface area contributed by atoms with Gasteiger partial charge in [0.1, 0.15) is 0 Å². The fraction of sp³-hybridized carbons (Fsp3) is 0.125. The van der Waals surface area contributed by atoms with E-state index in [1.165, 1.54) is 31.6 Å². The minimum atomic E-state index is 1.08. The first-order valence-corrected chi connectivity index (χ1v) is 5.86. The quantitative estimate of drug-likeness (QED) is 0.594. The summed E-state index contributed by atoms with van der Waals surface area (Å²) in [6.45, 7) is 0. The summed E-state index contributed by atoms with van der Waals surface area (Å²) in [4.78, 5) is 0. The fourth-order valence-corrected chi connectivity index (χ4v) is 2.91. The zero-order chi connectivity index (χ0) is 10.5. The van der Waals surface area contributed by atoms with Crippen LogP contribution in [-0.2, 0) is 0 Å². The fourth-order valence-electron chi connectivity index (χ4n) is 2.91. The molecule has 0 nitrogen and oxygen atoms in total. The van der Waals surface area contributed by atoms with Crippen LogP contribution in [0, 0.1) is 0 Å². The van der Waals surface area contributed by atoms with Crippen LogP contribution in [0.4, 0.5) is 0 Å². The highest BCUT2D eigenvalue weighted by Crippen LogP contribution is 2.05. The lowest BCUT2D eigenvalue weighted by Crippen LogP contribution is -2.28. The average Bonchev–Trinajstić information content (AvgIpc) is 2.96. The average molecular weight is 204 g/mol. The maximum absolute atomic E-state index is 2.34. The SMILES string of the molecule is C1=c2ccc3c4c(ccc3c2=CC1)=CCC=4. The molecule has 0 bridgehead atoms. The Balaban J connectivity index is 2.41. The lowest BCUT2D eigenvalue weighted by molar-refractivity contribution is 1.55. The van der Waals surface area contributed by atoms with Crippen LogP contribution in [0.25, 0.3) is 35.1 Å². The standard InChI is InChI=1S/C16H12/c1-3-11-7-9-16-14-6-2-4-12(14)8-10-15(16)13(11)5-1/h3-10H,1-2H2. The molecule has 4 rings (SSSR count). The van der Waals surface area contributed by atoms with Gasteiger partial charge in [-0.3, -0.25) is 0 Å². The number of fused-ring (bicyclic) bond motifs is 5. The van der Waals surface area contributed by atoms with E-state index in [9.17, 15) is 0 Å². The Morgan fingerprint density at radius 1 is 0.562 bits per heavy atom. The largest absolute Gasteiger partial charge is 0.0728 e. The van der Waals surface area contributed by atoms with Crippen LogP contribution in [0.2, 0.25) is 0 Å². The van der Waals surface area contributed by atoms with E-state index in [2.05, 4.69) is 48.6 Å². The topological polar surface area (TPSA) is 0 Å². The molecule has 0 N–H and O–H groups in total. The van der Waals surface area contributed by atoms with E-state index >= 15 is 0 Å². The van der Waals surface area contributed by atoms with Crippen molar-refractivity contribution in [2.45, 2.75) is 12.8 Å². The first kappa shape index (κ1) is 8.35. The third-order valence-corrected chi connectivity index (χ3v) is 3.67. The molecule has 0 spiro atoms. The van der Waals surface area contributed by atoms with Gasteiger partial charge in [-0.15, -0.1) is 0 Å². The van der Waals surface area contributed by atoms with Crippen LogP contribution < -0.4 is 20.9 Å². The second-order valence-electron chi connectivity index (χ2n) is 4.52. The van der Waals surface area contributed by atoms with Gasteiger partial charge in [-0.25, -0.2) is 0 Å². The number of benzene rings is 2. The molecule has 0 heteroatoms. The molecule has 2 aromatic rings. The molecule has 0 heterocycles. The van der Waals surface area contributed by atoms with Gasteiger partial charge >= 0.3 is 0 Å². The van der Waals surface area contributed by atoms with E-state index in [1.807, 2.05) is 0 Å². The van der Waals surface area contributed by atoms with Gasteiger partial charge in [-0.05, 0) is 44.5 Å². The first-order valence-electron chi connectivity index (χ1n) is 5.86. The third-order valence-electron chi connectivity index (χ3n) is 3.67. The van der Waals surface area contributed by atoms with Gasteiger partial charge in [0.25, 0.3) is 0 Å². The summed E-state index contributed by atoms with van der Waals surface area (Å²) in [5.74, 6) is 0. The molecule has 2 aliphatic carbocycles. The van der Waals surface area contributed by atoms with Crippen LogP contribution in [0.1, 0.15) is 12.8 Å². The summed E-state index contributed by atoms with van der Waals surface area (Å²) >= 11 is 0. The van der Waals surface area contributed by atoms with E-state index in [4.69, 9.17) is 0 Å². The van der Waals surface area contributed by atoms with E-state index in [0.717, 1.165) is 12.8 Å². The van der Waals surface area contributed by atoms with Crippen molar-refractivity contribution >= 4 is 35.1 Å². The van der Waals surface area contributed by atoms with Crippen LogP contribution in [0.15, 0.2) is 24.3 Å². The van der Waals surface area contributed by atoms with Crippen molar-refractivity contribution in [3.05, 3.63) is 45.1 Å². The van der Waals surface area contributed by atoms with Crippen molar-refractivity contribution in [2.24, 2.45) is 0 Å². The Hall–Kier alpha value is -1.82. The maximum Gasteiger partial charge on any atom is -0.0102 e. The van der Waals surface area contributed by atoms with Gasteiger partial charge < -0.3 is 0 Å². The molecule has 2 aliphatic rings. The molecule has 0 amide bonds. The Morgan fingerprint density at radius 2 is 1.06 bits per heavy atom. The zero-order valence-electron chi connectivity index (χ0n) is 9.03. The van der Waals surface area contributed by atoms with E-state index in [1.54, 1.807) is 0 Å². The van der Waals surface area contributed by atoms with Crippen LogP contribution >= 0.6 is 0 Å². The third kappa shape index (κ3) is 0.943. The van der Waals surface area contributed by atoms with Crippen molar-refractivity contribution in [3.63, 3.8) is 0 Å². The van der Waals surface area contributed by atoms with E-state index in [0.29, 0.717) is 0 Å². The molecule has 2 aromatic carbocycles. The van der Waals surface area contributed by atoms with Gasteiger partial charge in [-0.2, -0.15) is 0 Å². The molecule has 0 aliphatic heterocycles. The number of hydrogen-bond donors (Lipinski definition) is 0. The molecule has 76 valence electrons. The second-order valence-corrected chi connectivity index (χ2v) is 4.52. The predicted octanol–water partition coefficient (Wildman–Crippen LogP) is 0.769. The Kier molecular flexibility index (Phi) is 1.49. The smallest absolute Gasteiger partial charge is 0.0102 e. The lowest BCUT2D eigenvalue weighted by Gasteiger charge is -1.99. The zero-order valence-corrected chi connectivity index (χ0v) is 9.03. The highest BCUT2D eigenvalue weighted by Gasteiger charge is 2.03. The molecule has 0 atom stereocenters. The molecule has 16 heavy (non-hydrogen) atoms. The van der Waals surface area contributed by atoms with Gasteiger partial charge in [0.15, 0.2) is 0 Å². The normalized spacial score (nSPS) is 15.8.